The number of piperazine rings is 1. The molecular formula is C15H23N3O2. The molecule has 0 aromatic heterocycles. The second kappa shape index (κ2) is 6.83. The van der Waals surface area contributed by atoms with Gasteiger partial charge in [0.1, 0.15) is 0 Å². The van der Waals surface area contributed by atoms with Gasteiger partial charge in [-0.25, -0.2) is 0 Å². The van der Waals surface area contributed by atoms with Crippen molar-refractivity contribution in [1.82, 2.24) is 9.80 Å². The van der Waals surface area contributed by atoms with Crippen molar-refractivity contribution >= 4 is 5.91 Å². The van der Waals surface area contributed by atoms with Crippen molar-refractivity contribution < 1.29 is 9.90 Å². The van der Waals surface area contributed by atoms with Gasteiger partial charge in [-0.05, 0) is 19.1 Å². The Morgan fingerprint density at radius 3 is 2.65 bits per heavy atom. The maximum atomic E-state index is 12.4. The van der Waals surface area contributed by atoms with Crippen molar-refractivity contribution in [1.29, 1.82) is 0 Å². The molecule has 1 heterocycles. The van der Waals surface area contributed by atoms with E-state index in [0.29, 0.717) is 19.6 Å². The standard InChI is InChI=1S/C15H23N3O2/c1-12-3-2-4-13(9-12)15(20)18-7-5-17(6-8-18)11-14(19)10-16/h2-4,9,14,19H,5-8,10-11,16H2,1H3. The minimum Gasteiger partial charge on any atom is -0.390 e. The molecule has 0 aliphatic carbocycles. The van der Waals surface area contributed by atoms with Crippen LogP contribution in [-0.4, -0.2) is 66.2 Å². The Labute approximate surface area is 120 Å². The van der Waals surface area contributed by atoms with E-state index in [4.69, 9.17) is 5.73 Å². The first kappa shape index (κ1) is 15.0. The number of nitrogens with zero attached hydrogens (tertiary/aromatic N) is 2. The lowest BCUT2D eigenvalue weighted by Crippen LogP contribution is -2.51. The molecule has 1 aliphatic rings. The Hall–Kier alpha value is -1.43. The molecule has 20 heavy (non-hydrogen) atoms. The van der Waals surface area contributed by atoms with Gasteiger partial charge in [-0.3, -0.25) is 9.69 Å². The van der Waals surface area contributed by atoms with Gasteiger partial charge >= 0.3 is 0 Å². The maximum absolute atomic E-state index is 12.4. The van der Waals surface area contributed by atoms with Gasteiger partial charge in [0.05, 0.1) is 6.10 Å². The van der Waals surface area contributed by atoms with Crippen LogP contribution >= 0.6 is 0 Å². The molecule has 0 bridgehead atoms. The number of aliphatic hydroxyl groups is 1. The first-order chi connectivity index (χ1) is 9.60. The van der Waals surface area contributed by atoms with Crippen molar-refractivity contribution in [2.75, 3.05) is 39.3 Å². The number of β-amino-alcohol motifs (C(OH)–C–C–N with tert-alkyl or cyclic N) is 1. The van der Waals surface area contributed by atoms with E-state index in [1.54, 1.807) is 0 Å². The Balaban J connectivity index is 1.89. The van der Waals surface area contributed by atoms with Crippen LogP contribution in [0, 0.1) is 6.92 Å². The quantitative estimate of drug-likeness (QED) is 0.817. The number of benzene rings is 1. The average Bonchev–Trinajstić information content (AvgIpc) is 2.47. The molecule has 1 aromatic rings. The summed E-state index contributed by atoms with van der Waals surface area (Å²) in [6.07, 6.45) is -0.478. The molecule has 1 saturated heterocycles. The molecule has 5 heteroatoms. The van der Waals surface area contributed by atoms with E-state index < -0.39 is 6.10 Å². The van der Waals surface area contributed by atoms with Crippen molar-refractivity contribution in [3.8, 4) is 0 Å². The number of hydrogen-bond acceptors (Lipinski definition) is 4. The lowest BCUT2D eigenvalue weighted by atomic mass is 10.1. The minimum atomic E-state index is -0.478. The first-order valence-corrected chi connectivity index (χ1v) is 7.06. The monoisotopic (exact) mass is 277 g/mol. The molecule has 1 unspecified atom stereocenters. The summed E-state index contributed by atoms with van der Waals surface area (Å²) in [6.45, 7) is 5.83. The summed E-state index contributed by atoms with van der Waals surface area (Å²) in [5, 5.41) is 9.55. The summed E-state index contributed by atoms with van der Waals surface area (Å²) in [5.41, 5.74) is 7.26. The molecule has 0 spiro atoms. The summed E-state index contributed by atoms with van der Waals surface area (Å²) >= 11 is 0. The summed E-state index contributed by atoms with van der Waals surface area (Å²) in [5.74, 6) is 0.0905. The number of aryl methyl sites for hydroxylation is 1. The number of rotatable bonds is 4. The number of nitrogens with two attached hydrogens (primary N) is 1. The molecule has 3 N–H and O–H groups in total. The lowest BCUT2D eigenvalue weighted by molar-refractivity contribution is 0.0541. The summed E-state index contributed by atoms with van der Waals surface area (Å²) in [7, 11) is 0. The number of carbonyl (C=O) groups excluding carboxylic acids is 1. The molecule has 1 aromatic carbocycles. The smallest absolute Gasteiger partial charge is 0.253 e. The highest BCUT2D eigenvalue weighted by Crippen LogP contribution is 2.10. The largest absolute Gasteiger partial charge is 0.390 e. The van der Waals surface area contributed by atoms with E-state index in [1.165, 1.54) is 0 Å². The molecule has 0 radical (unpaired) electrons. The average molecular weight is 277 g/mol. The maximum Gasteiger partial charge on any atom is 0.253 e. The Bertz CT molecular complexity index is 456. The zero-order valence-electron chi connectivity index (χ0n) is 12.0. The van der Waals surface area contributed by atoms with E-state index in [2.05, 4.69) is 4.90 Å². The minimum absolute atomic E-state index is 0.0905. The predicted molar refractivity (Wildman–Crippen MR) is 78.6 cm³/mol. The molecule has 110 valence electrons. The van der Waals surface area contributed by atoms with E-state index in [-0.39, 0.29) is 12.5 Å². The summed E-state index contributed by atoms with van der Waals surface area (Å²) in [6, 6.07) is 7.69. The second-order valence-electron chi connectivity index (χ2n) is 5.35. The first-order valence-electron chi connectivity index (χ1n) is 7.06. The van der Waals surface area contributed by atoms with Gasteiger partial charge in [-0.15, -0.1) is 0 Å². The molecule has 5 nitrogen and oxygen atoms in total. The second-order valence-corrected chi connectivity index (χ2v) is 5.35. The van der Waals surface area contributed by atoms with E-state index in [0.717, 1.165) is 24.2 Å². The molecule has 1 atom stereocenters. The Morgan fingerprint density at radius 2 is 2.05 bits per heavy atom. The zero-order valence-corrected chi connectivity index (χ0v) is 12.0. The Morgan fingerprint density at radius 1 is 1.35 bits per heavy atom. The normalized spacial score (nSPS) is 18.1. The molecule has 1 aliphatic heterocycles. The number of carbonyl (C=O) groups is 1. The summed E-state index contributed by atoms with van der Waals surface area (Å²) < 4.78 is 0. The van der Waals surface area contributed by atoms with Crippen LogP contribution in [0.15, 0.2) is 24.3 Å². The van der Waals surface area contributed by atoms with Crippen LogP contribution in [0.4, 0.5) is 0 Å². The number of amides is 1. The predicted octanol–water partition coefficient (Wildman–Crippen LogP) is 0.0724. The molecule has 1 fully saturated rings. The van der Waals surface area contributed by atoms with Gasteiger partial charge in [0.15, 0.2) is 0 Å². The zero-order chi connectivity index (χ0) is 14.5. The highest BCUT2D eigenvalue weighted by atomic mass is 16.3. The van der Waals surface area contributed by atoms with Gasteiger partial charge < -0.3 is 15.7 Å². The molecular weight excluding hydrogens is 254 g/mol. The van der Waals surface area contributed by atoms with E-state index >= 15 is 0 Å². The van der Waals surface area contributed by atoms with Gasteiger partial charge in [-0.1, -0.05) is 17.7 Å². The third kappa shape index (κ3) is 3.79. The van der Waals surface area contributed by atoms with Crippen LogP contribution in [0.1, 0.15) is 15.9 Å². The highest BCUT2D eigenvalue weighted by Gasteiger charge is 2.23. The van der Waals surface area contributed by atoms with E-state index in [9.17, 15) is 9.90 Å². The number of hydrogen-bond donors (Lipinski definition) is 2. The van der Waals surface area contributed by atoms with Crippen molar-refractivity contribution in [2.45, 2.75) is 13.0 Å². The third-order valence-corrected chi connectivity index (χ3v) is 3.67. The van der Waals surface area contributed by atoms with E-state index in [1.807, 2.05) is 36.1 Å². The van der Waals surface area contributed by atoms with Crippen molar-refractivity contribution in [3.63, 3.8) is 0 Å². The lowest BCUT2D eigenvalue weighted by Gasteiger charge is -2.35. The molecule has 0 saturated carbocycles. The fraction of sp³-hybridized carbons (Fsp3) is 0.533. The van der Waals surface area contributed by atoms with Gasteiger partial charge in [0.2, 0.25) is 0 Å². The number of aliphatic hydroxyl groups excluding tert-OH is 1. The van der Waals surface area contributed by atoms with Gasteiger partial charge in [-0.2, -0.15) is 0 Å². The van der Waals surface area contributed by atoms with Gasteiger partial charge in [0, 0.05) is 44.8 Å². The van der Waals surface area contributed by atoms with Crippen molar-refractivity contribution in [3.05, 3.63) is 35.4 Å². The Kier molecular flexibility index (Phi) is 5.11. The fourth-order valence-electron chi connectivity index (χ4n) is 2.47. The third-order valence-electron chi connectivity index (χ3n) is 3.67. The molecule has 2 rings (SSSR count). The van der Waals surface area contributed by atoms with Crippen LogP contribution in [-0.2, 0) is 0 Å². The van der Waals surface area contributed by atoms with Crippen LogP contribution in [0.5, 0.6) is 0 Å². The fourth-order valence-corrected chi connectivity index (χ4v) is 2.47. The van der Waals surface area contributed by atoms with Gasteiger partial charge in [0.25, 0.3) is 5.91 Å². The SMILES string of the molecule is Cc1cccc(C(=O)N2CCN(CC(O)CN)CC2)c1. The van der Waals surface area contributed by atoms with Crippen LogP contribution in [0.25, 0.3) is 0 Å². The summed E-state index contributed by atoms with van der Waals surface area (Å²) in [4.78, 5) is 16.4. The molecule has 1 amide bonds. The van der Waals surface area contributed by atoms with Crippen LogP contribution in [0.3, 0.4) is 0 Å². The highest BCUT2D eigenvalue weighted by molar-refractivity contribution is 5.94. The van der Waals surface area contributed by atoms with Crippen LogP contribution in [0.2, 0.25) is 0 Å². The van der Waals surface area contributed by atoms with Crippen LogP contribution < -0.4 is 5.73 Å². The topological polar surface area (TPSA) is 69.8 Å². The van der Waals surface area contributed by atoms with Crippen molar-refractivity contribution in [2.24, 2.45) is 5.73 Å².